The number of hydrogen-bond donors (Lipinski definition) is 1. The van der Waals surface area contributed by atoms with Crippen molar-refractivity contribution in [2.45, 2.75) is 45.4 Å². The van der Waals surface area contributed by atoms with Gasteiger partial charge in [0.05, 0.1) is 11.1 Å². The Bertz CT molecular complexity index is 849. The van der Waals surface area contributed by atoms with E-state index in [-0.39, 0.29) is 11.5 Å². The van der Waals surface area contributed by atoms with Crippen LogP contribution in [0, 0.1) is 0 Å². The lowest BCUT2D eigenvalue weighted by atomic mass is 9.97. The van der Waals surface area contributed by atoms with Crippen LogP contribution in [0.25, 0.3) is 0 Å². The van der Waals surface area contributed by atoms with Crippen molar-refractivity contribution in [1.82, 2.24) is 0 Å². The second kappa shape index (κ2) is 8.91. The van der Waals surface area contributed by atoms with Crippen molar-refractivity contribution in [3.63, 3.8) is 0 Å². The monoisotopic (exact) mass is 393 g/mol. The number of anilines is 1. The predicted octanol–water partition coefficient (Wildman–Crippen LogP) is 5.40. The minimum absolute atomic E-state index is 0.222. The maximum absolute atomic E-state index is 12.8. The summed E-state index contributed by atoms with van der Waals surface area (Å²) in [5.74, 6) is -1.33. The third-order valence-electron chi connectivity index (χ3n) is 4.44. The largest absolute Gasteiger partial charge is 0.449 e. The summed E-state index contributed by atoms with van der Waals surface area (Å²) in [5.41, 5.74) is 0.342. The summed E-state index contributed by atoms with van der Waals surface area (Å²) >= 11 is 0. The van der Waals surface area contributed by atoms with Crippen LogP contribution in [0.3, 0.4) is 0 Å². The number of benzene rings is 2. The SMILES string of the molecule is CC[C@H](C)c1ccccc1NC(=O)[C@@H](C)OC(=O)c1cccc(C(F)(F)F)c1. The lowest BCUT2D eigenvalue weighted by molar-refractivity contribution is -0.137. The number of esters is 1. The van der Waals surface area contributed by atoms with Gasteiger partial charge in [0.2, 0.25) is 0 Å². The molecule has 0 bridgehead atoms. The smallest absolute Gasteiger partial charge is 0.416 e. The van der Waals surface area contributed by atoms with E-state index in [9.17, 15) is 22.8 Å². The summed E-state index contributed by atoms with van der Waals surface area (Å²) < 4.78 is 43.4. The van der Waals surface area contributed by atoms with Gasteiger partial charge in [0.1, 0.15) is 0 Å². The number of carbonyl (C=O) groups excluding carboxylic acids is 2. The van der Waals surface area contributed by atoms with Crippen LogP contribution in [0.1, 0.15) is 54.6 Å². The topological polar surface area (TPSA) is 55.4 Å². The summed E-state index contributed by atoms with van der Waals surface area (Å²) in [6.07, 6.45) is -4.86. The molecule has 0 heterocycles. The Morgan fingerprint density at radius 1 is 1.07 bits per heavy atom. The molecular formula is C21H22F3NO3. The van der Waals surface area contributed by atoms with Crippen molar-refractivity contribution in [3.8, 4) is 0 Å². The summed E-state index contributed by atoms with van der Waals surface area (Å²) in [6.45, 7) is 5.43. The van der Waals surface area contributed by atoms with Gasteiger partial charge in [-0.25, -0.2) is 4.79 Å². The molecule has 2 aromatic carbocycles. The van der Waals surface area contributed by atoms with Gasteiger partial charge in [-0.05, 0) is 49.1 Å². The predicted molar refractivity (Wildman–Crippen MR) is 100 cm³/mol. The van der Waals surface area contributed by atoms with Crippen molar-refractivity contribution in [2.75, 3.05) is 5.32 Å². The van der Waals surface area contributed by atoms with E-state index < -0.39 is 29.7 Å². The molecule has 0 aliphatic carbocycles. The van der Waals surface area contributed by atoms with E-state index in [0.29, 0.717) is 11.8 Å². The number of alkyl halides is 3. The molecule has 0 saturated carbocycles. The number of para-hydroxylation sites is 1. The van der Waals surface area contributed by atoms with Crippen LogP contribution in [-0.4, -0.2) is 18.0 Å². The molecule has 2 rings (SSSR count). The average molecular weight is 393 g/mol. The molecule has 150 valence electrons. The third kappa shape index (κ3) is 5.34. The highest BCUT2D eigenvalue weighted by Gasteiger charge is 2.31. The first-order valence-corrected chi connectivity index (χ1v) is 8.91. The van der Waals surface area contributed by atoms with Gasteiger partial charge in [0.15, 0.2) is 6.10 Å². The molecule has 4 nitrogen and oxygen atoms in total. The fraction of sp³-hybridized carbons (Fsp3) is 0.333. The number of rotatable bonds is 6. The van der Waals surface area contributed by atoms with E-state index >= 15 is 0 Å². The molecule has 28 heavy (non-hydrogen) atoms. The molecule has 0 aliphatic rings. The highest BCUT2D eigenvalue weighted by Crippen LogP contribution is 2.30. The number of hydrogen-bond acceptors (Lipinski definition) is 3. The van der Waals surface area contributed by atoms with Gasteiger partial charge < -0.3 is 10.1 Å². The van der Waals surface area contributed by atoms with Crippen LogP contribution in [0.15, 0.2) is 48.5 Å². The first-order chi connectivity index (χ1) is 13.1. The van der Waals surface area contributed by atoms with Crippen LogP contribution in [0.4, 0.5) is 18.9 Å². The summed E-state index contributed by atoms with van der Waals surface area (Å²) in [7, 11) is 0. The molecule has 0 aromatic heterocycles. The van der Waals surface area contributed by atoms with Crippen LogP contribution in [0.2, 0.25) is 0 Å². The number of ether oxygens (including phenoxy) is 1. The van der Waals surface area contributed by atoms with Gasteiger partial charge in [-0.15, -0.1) is 0 Å². The van der Waals surface area contributed by atoms with Crippen molar-refractivity contribution >= 4 is 17.6 Å². The maximum Gasteiger partial charge on any atom is 0.416 e. The van der Waals surface area contributed by atoms with Gasteiger partial charge in [-0.2, -0.15) is 13.2 Å². The van der Waals surface area contributed by atoms with Gasteiger partial charge in [-0.3, -0.25) is 4.79 Å². The van der Waals surface area contributed by atoms with E-state index in [2.05, 4.69) is 5.32 Å². The van der Waals surface area contributed by atoms with Crippen molar-refractivity contribution in [2.24, 2.45) is 0 Å². The summed E-state index contributed by atoms with van der Waals surface area (Å²) in [4.78, 5) is 24.5. The van der Waals surface area contributed by atoms with Gasteiger partial charge in [0, 0.05) is 5.69 Å². The molecular weight excluding hydrogens is 371 g/mol. The zero-order valence-corrected chi connectivity index (χ0v) is 15.8. The van der Waals surface area contributed by atoms with Gasteiger partial charge >= 0.3 is 12.1 Å². The van der Waals surface area contributed by atoms with Crippen molar-refractivity contribution in [1.29, 1.82) is 0 Å². The molecule has 2 aromatic rings. The fourth-order valence-electron chi connectivity index (χ4n) is 2.60. The zero-order chi connectivity index (χ0) is 20.9. The Labute approximate surface area is 161 Å². The Balaban J connectivity index is 2.08. The highest BCUT2D eigenvalue weighted by molar-refractivity contribution is 5.97. The molecule has 2 atom stereocenters. The van der Waals surface area contributed by atoms with Gasteiger partial charge in [-0.1, -0.05) is 38.1 Å². The number of halogens is 3. The Hall–Kier alpha value is -2.83. The van der Waals surface area contributed by atoms with Crippen LogP contribution in [-0.2, 0) is 15.7 Å². The van der Waals surface area contributed by atoms with Crippen LogP contribution in [0.5, 0.6) is 0 Å². The lowest BCUT2D eigenvalue weighted by Crippen LogP contribution is -2.30. The lowest BCUT2D eigenvalue weighted by Gasteiger charge is -2.18. The maximum atomic E-state index is 12.8. The van der Waals surface area contributed by atoms with Gasteiger partial charge in [0.25, 0.3) is 5.91 Å². The minimum atomic E-state index is -4.57. The molecule has 7 heteroatoms. The van der Waals surface area contributed by atoms with E-state index in [4.69, 9.17) is 4.74 Å². The number of carbonyl (C=O) groups is 2. The molecule has 0 radical (unpaired) electrons. The second-order valence-electron chi connectivity index (χ2n) is 6.51. The average Bonchev–Trinajstić information content (AvgIpc) is 2.67. The molecule has 0 aliphatic heterocycles. The Morgan fingerprint density at radius 2 is 1.75 bits per heavy atom. The van der Waals surface area contributed by atoms with Crippen LogP contribution < -0.4 is 5.32 Å². The molecule has 0 unspecified atom stereocenters. The van der Waals surface area contributed by atoms with E-state index in [1.165, 1.54) is 13.0 Å². The summed E-state index contributed by atoms with van der Waals surface area (Å²) in [6, 6.07) is 11.2. The first kappa shape index (κ1) is 21.5. The minimum Gasteiger partial charge on any atom is -0.449 e. The van der Waals surface area contributed by atoms with E-state index in [0.717, 1.165) is 24.1 Å². The van der Waals surface area contributed by atoms with Crippen LogP contribution >= 0.6 is 0 Å². The standard InChI is InChI=1S/C21H22F3NO3/c1-4-13(2)17-10-5-6-11-18(17)25-19(26)14(3)28-20(27)15-8-7-9-16(12-15)21(22,23)24/h5-14H,4H2,1-3H3,(H,25,26)/t13-,14+/m0/s1. The number of nitrogens with one attached hydrogen (secondary N) is 1. The van der Waals surface area contributed by atoms with E-state index in [1.807, 2.05) is 26.0 Å². The Morgan fingerprint density at radius 3 is 2.39 bits per heavy atom. The third-order valence-corrected chi connectivity index (χ3v) is 4.44. The molecule has 0 fully saturated rings. The zero-order valence-electron chi connectivity index (χ0n) is 15.8. The number of amides is 1. The van der Waals surface area contributed by atoms with E-state index in [1.54, 1.807) is 12.1 Å². The molecule has 0 spiro atoms. The highest BCUT2D eigenvalue weighted by atomic mass is 19.4. The quantitative estimate of drug-likeness (QED) is 0.669. The second-order valence-corrected chi connectivity index (χ2v) is 6.51. The Kier molecular flexibility index (Phi) is 6.83. The molecule has 0 saturated heterocycles. The normalized spacial score (nSPS) is 13.5. The summed E-state index contributed by atoms with van der Waals surface area (Å²) in [5, 5.41) is 2.72. The fourth-order valence-corrected chi connectivity index (χ4v) is 2.60. The molecule has 1 amide bonds. The van der Waals surface area contributed by atoms with Crippen molar-refractivity contribution in [3.05, 3.63) is 65.2 Å². The van der Waals surface area contributed by atoms with Crippen molar-refractivity contribution < 1.29 is 27.5 Å². The first-order valence-electron chi connectivity index (χ1n) is 8.91. The molecule has 1 N–H and O–H groups in total.